The van der Waals surface area contributed by atoms with Crippen LogP contribution in [0.1, 0.15) is 22.6 Å². The molecule has 1 unspecified atom stereocenters. The van der Waals surface area contributed by atoms with E-state index in [4.69, 9.17) is 5.73 Å². The predicted octanol–water partition coefficient (Wildman–Crippen LogP) is 4.14. The average Bonchev–Trinajstić information content (AvgIpc) is 2.44. The van der Waals surface area contributed by atoms with Crippen LogP contribution in [0.3, 0.4) is 0 Å². The van der Waals surface area contributed by atoms with E-state index in [2.05, 4.69) is 62.4 Å². The highest BCUT2D eigenvalue weighted by Gasteiger charge is 2.10. The number of thioether (sulfide) groups is 1. The molecule has 2 rings (SSSR count). The summed E-state index contributed by atoms with van der Waals surface area (Å²) in [6.45, 7) is 5.00. The third-order valence-electron chi connectivity index (χ3n) is 3.34. The van der Waals surface area contributed by atoms with Gasteiger partial charge in [-0.05, 0) is 37.6 Å². The van der Waals surface area contributed by atoms with Crippen molar-refractivity contribution in [2.45, 2.75) is 24.7 Å². The lowest BCUT2D eigenvalue weighted by Crippen LogP contribution is -2.14. The summed E-state index contributed by atoms with van der Waals surface area (Å²) in [6, 6.07) is 17.2. The van der Waals surface area contributed by atoms with Crippen molar-refractivity contribution < 1.29 is 0 Å². The average molecular weight is 271 g/mol. The van der Waals surface area contributed by atoms with Gasteiger partial charge in [0, 0.05) is 16.6 Å². The smallest absolute Gasteiger partial charge is 0.0104 e. The summed E-state index contributed by atoms with van der Waals surface area (Å²) in [6.07, 6.45) is 0. The van der Waals surface area contributed by atoms with Crippen molar-refractivity contribution in [2.75, 3.05) is 12.3 Å². The van der Waals surface area contributed by atoms with Gasteiger partial charge in [-0.15, -0.1) is 11.8 Å². The summed E-state index contributed by atoms with van der Waals surface area (Å²) in [5, 5.41) is 0. The molecule has 0 heterocycles. The SMILES string of the molecule is Cc1ccc(C)c(SCC(CN)c2ccccc2)c1. The van der Waals surface area contributed by atoms with Gasteiger partial charge >= 0.3 is 0 Å². The third-order valence-corrected chi connectivity index (χ3v) is 4.66. The first-order chi connectivity index (χ1) is 9.20. The van der Waals surface area contributed by atoms with E-state index in [0.29, 0.717) is 12.5 Å². The van der Waals surface area contributed by atoms with Gasteiger partial charge < -0.3 is 5.73 Å². The predicted molar refractivity (Wildman–Crippen MR) is 84.9 cm³/mol. The van der Waals surface area contributed by atoms with Crippen molar-refractivity contribution in [3.8, 4) is 0 Å². The highest BCUT2D eigenvalue weighted by molar-refractivity contribution is 7.99. The molecule has 2 aromatic carbocycles. The number of rotatable bonds is 5. The minimum absolute atomic E-state index is 0.422. The maximum Gasteiger partial charge on any atom is 0.0104 e. The van der Waals surface area contributed by atoms with Crippen LogP contribution >= 0.6 is 11.8 Å². The first-order valence-corrected chi connectivity index (χ1v) is 7.64. The molecule has 0 radical (unpaired) electrons. The molecule has 0 aromatic heterocycles. The number of benzene rings is 2. The molecule has 1 atom stereocenters. The topological polar surface area (TPSA) is 26.0 Å². The Bertz CT molecular complexity index is 522. The molecule has 0 saturated carbocycles. The number of hydrogen-bond donors (Lipinski definition) is 1. The zero-order valence-corrected chi connectivity index (χ0v) is 12.4. The minimum atomic E-state index is 0.422. The first-order valence-electron chi connectivity index (χ1n) is 6.65. The van der Waals surface area contributed by atoms with Gasteiger partial charge in [0.15, 0.2) is 0 Å². The highest BCUT2D eigenvalue weighted by atomic mass is 32.2. The Morgan fingerprint density at radius 2 is 1.79 bits per heavy atom. The molecule has 0 amide bonds. The molecule has 0 bridgehead atoms. The van der Waals surface area contributed by atoms with Crippen LogP contribution in [0.2, 0.25) is 0 Å². The van der Waals surface area contributed by atoms with Crippen LogP contribution in [0, 0.1) is 13.8 Å². The van der Waals surface area contributed by atoms with E-state index in [-0.39, 0.29) is 0 Å². The molecule has 0 spiro atoms. The van der Waals surface area contributed by atoms with Crippen LogP contribution < -0.4 is 5.73 Å². The van der Waals surface area contributed by atoms with E-state index in [9.17, 15) is 0 Å². The summed E-state index contributed by atoms with van der Waals surface area (Å²) >= 11 is 1.91. The summed E-state index contributed by atoms with van der Waals surface area (Å²) in [5.41, 5.74) is 9.92. The molecular weight excluding hydrogens is 250 g/mol. The summed E-state index contributed by atoms with van der Waals surface area (Å²) in [5.74, 6) is 1.45. The van der Waals surface area contributed by atoms with Gasteiger partial charge in [-0.3, -0.25) is 0 Å². The molecular formula is C17H21NS. The highest BCUT2D eigenvalue weighted by Crippen LogP contribution is 2.28. The van der Waals surface area contributed by atoms with Crippen LogP contribution in [-0.2, 0) is 0 Å². The van der Waals surface area contributed by atoms with E-state index in [0.717, 1.165) is 5.75 Å². The monoisotopic (exact) mass is 271 g/mol. The van der Waals surface area contributed by atoms with Crippen molar-refractivity contribution in [2.24, 2.45) is 5.73 Å². The van der Waals surface area contributed by atoms with Crippen molar-refractivity contribution in [1.29, 1.82) is 0 Å². The molecule has 0 saturated heterocycles. The molecule has 0 aliphatic carbocycles. The maximum atomic E-state index is 5.92. The summed E-state index contributed by atoms with van der Waals surface area (Å²) in [7, 11) is 0. The van der Waals surface area contributed by atoms with E-state index in [1.807, 2.05) is 11.8 Å². The van der Waals surface area contributed by atoms with Gasteiger partial charge in [-0.1, -0.05) is 48.0 Å². The largest absolute Gasteiger partial charge is 0.330 e. The van der Waals surface area contributed by atoms with Crippen LogP contribution in [0.15, 0.2) is 53.4 Å². The van der Waals surface area contributed by atoms with Crippen molar-refractivity contribution in [3.05, 3.63) is 65.2 Å². The Kier molecular flexibility index (Phi) is 5.06. The van der Waals surface area contributed by atoms with Crippen LogP contribution in [0.5, 0.6) is 0 Å². The Morgan fingerprint density at radius 3 is 2.47 bits per heavy atom. The second kappa shape index (κ2) is 6.78. The summed E-state index contributed by atoms with van der Waals surface area (Å²) < 4.78 is 0. The third kappa shape index (κ3) is 3.85. The quantitative estimate of drug-likeness (QED) is 0.827. The molecule has 19 heavy (non-hydrogen) atoms. The number of aryl methyl sites for hydroxylation is 2. The Balaban J connectivity index is 2.06. The Labute approximate surface area is 120 Å². The van der Waals surface area contributed by atoms with Crippen molar-refractivity contribution in [1.82, 2.24) is 0 Å². The number of hydrogen-bond acceptors (Lipinski definition) is 2. The van der Waals surface area contributed by atoms with Crippen LogP contribution in [-0.4, -0.2) is 12.3 Å². The fourth-order valence-electron chi connectivity index (χ4n) is 2.08. The molecule has 1 nitrogen and oxygen atoms in total. The fourth-order valence-corrected chi connectivity index (χ4v) is 3.35. The fraction of sp³-hybridized carbons (Fsp3) is 0.294. The molecule has 2 N–H and O–H groups in total. The lowest BCUT2D eigenvalue weighted by atomic mass is 10.0. The van der Waals surface area contributed by atoms with Crippen LogP contribution in [0.4, 0.5) is 0 Å². The van der Waals surface area contributed by atoms with E-state index in [1.54, 1.807) is 0 Å². The molecule has 0 aliphatic heterocycles. The van der Waals surface area contributed by atoms with Gasteiger partial charge in [-0.25, -0.2) is 0 Å². The van der Waals surface area contributed by atoms with Gasteiger partial charge in [-0.2, -0.15) is 0 Å². The van der Waals surface area contributed by atoms with E-state index < -0.39 is 0 Å². The Hall–Kier alpha value is -1.25. The zero-order chi connectivity index (χ0) is 13.7. The molecule has 2 heteroatoms. The van der Waals surface area contributed by atoms with E-state index >= 15 is 0 Å². The Morgan fingerprint density at radius 1 is 1.05 bits per heavy atom. The van der Waals surface area contributed by atoms with Crippen LogP contribution in [0.25, 0.3) is 0 Å². The lowest BCUT2D eigenvalue weighted by molar-refractivity contribution is 0.785. The van der Waals surface area contributed by atoms with Gasteiger partial charge in [0.25, 0.3) is 0 Å². The number of nitrogens with two attached hydrogens (primary N) is 1. The molecule has 0 aliphatic rings. The normalized spacial score (nSPS) is 12.4. The minimum Gasteiger partial charge on any atom is -0.330 e. The van der Waals surface area contributed by atoms with Crippen molar-refractivity contribution in [3.63, 3.8) is 0 Å². The second-order valence-corrected chi connectivity index (χ2v) is 5.99. The zero-order valence-electron chi connectivity index (χ0n) is 11.6. The molecule has 2 aromatic rings. The first kappa shape index (κ1) is 14.2. The standard InChI is InChI=1S/C17H21NS/c1-13-8-9-14(2)17(10-13)19-12-16(11-18)15-6-4-3-5-7-15/h3-10,16H,11-12,18H2,1-2H3. The van der Waals surface area contributed by atoms with Gasteiger partial charge in [0.05, 0.1) is 0 Å². The maximum absolute atomic E-state index is 5.92. The van der Waals surface area contributed by atoms with Gasteiger partial charge in [0.1, 0.15) is 0 Å². The second-order valence-electron chi connectivity index (χ2n) is 4.92. The van der Waals surface area contributed by atoms with E-state index in [1.165, 1.54) is 21.6 Å². The molecule has 100 valence electrons. The summed E-state index contributed by atoms with van der Waals surface area (Å²) in [4.78, 5) is 1.37. The van der Waals surface area contributed by atoms with Gasteiger partial charge in [0.2, 0.25) is 0 Å². The lowest BCUT2D eigenvalue weighted by Gasteiger charge is -2.15. The molecule has 0 fully saturated rings. The van der Waals surface area contributed by atoms with Crippen molar-refractivity contribution >= 4 is 11.8 Å².